The van der Waals surface area contributed by atoms with E-state index in [0.29, 0.717) is 5.56 Å². The van der Waals surface area contributed by atoms with Gasteiger partial charge >= 0.3 is 6.18 Å². The lowest BCUT2D eigenvalue weighted by molar-refractivity contribution is -0.139. The van der Waals surface area contributed by atoms with Gasteiger partial charge in [0.05, 0.1) is 18.4 Å². The molecule has 1 heterocycles. The molecule has 21 heavy (non-hydrogen) atoms. The number of aromatic nitrogens is 1. The van der Waals surface area contributed by atoms with Crippen LogP contribution in [0.1, 0.15) is 16.7 Å². The van der Waals surface area contributed by atoms with E-state index in [4.69, 9.17) is 9.84 Å². The van der Waals surface area contributed by atoms with Gasteiger partial charge in [-0.1, -0.05) is 6.07 Å². The van der Waals surface area contributed by atoms with Gasteiger partial charge in [-0.15, -0.1) is 0 Å². The van der Waals surface area contributed by atoms with E-state index in [1.54, 1.807) is 0 Å². The van der Waals surface area contributed by atoms with Gasteiger partial charge in [-0.05, 0) is 23.8 Å². The summed E-state index contributed by atoms with van der Waals surface area (Å²) in [6.07, 6.45) is -2.32. The standard InChI is InChI=1S/C14H11F4NO2/c15-11-3-10(5-19-6-11)8-21-13-2-1-9(7-20)4-12(13)14(16,17)18/h1-6,20H,7-8H2. The van der Waals surface area contributed by atoms with Crippen LogP contribution in [0.5, 0.6) is 5.75 Å². The van der Waals surface area contributed by atoms with Crippen LogP contribution in [0.25, 0.3) is 0 Å². The van der Waals surface area contributed by atoms with Gasteiger partial charge in [0.15, 0.2) is 0 Å². The molecule has 0 saturated heterocycles. The zero-order chi connectivity index (χ0) is 15.5. The summed E-state index contributed by atoms with van der Waals surface area (Å²) >= 11 is 0. The highest BCUT2D eigenvalue weighted by molar-refractivity contribution is 5.39. The van der Waals surface area contributed by atoms with Crippen LogP contribution in [0, 0.1) is 5.82 Å². The molecule has 0 spiro atoms. The van der Waals surface area contributed by atoms with E-state index < -0.39 is 24.2 Å². The van der Waals surface area contributed by atoms with Crippen LogP contribution in [-0.2, 0) is 19.4 Å². The Morgan fingerprint density at radius 1 is 1.10 bits per heavy atom. The molecule has 7 heteroatoms. The second-order valence-corrected chi connectivity index (χ2v) is 4.29. The minimum atomic E-state index is -4.61. The molecule has 0 unspecified atom stereocenters. The molecule has 0 saturated carbocycles. The van der Waals surface area contributed by atoms with Crippen molar-refractivity contribution in [3.63, 3.8) is 0 Å². The number of rotatable bonds is 4. The number of alkyl halides is 3. The molecule has 2 aromatic rings. The number of hydrogen-bond donors (Lipinski definition) is 1. The Morgan fingerprint density at radius 2 is 1.86 bits per heavy atom. The molecule has 1 N–H and O–H groups in total. The fourth-order valence-electron chi connectivity index (χ4n) is 1.72. The highest BCUT2D eigenvalue weighted by Crippen LogP contribution is 2.37. The lowest BCUT2D eigenvalue weighted by atomic mass is 10.1. The Kier molecular flexibility index (Phi) is 4.42. The molecule has 3 nitrogen and oxygen atoms in total. The summed E-state index contributed by atoms with van der Waals surface area (Å²) < 4.78 is 56.8. The third-order valence-corrected chi connectivity index (χ3v) is 2.69. The van der Waals surface area contributed by atoms with Crippen LogP contribution >= 0.6 is 0 Å². The first-order valence-corrected chi connectivity index (χ1v) is 5.93. The molecule has 0 bridgehead atoms. The first-order chi connectivity index (χ1) is 9.90. The molecule has 0 aliphatic heterocycles. The average Bonchev–Trinajstić information content (AvgIpc) is 2.44. The Labute approximate surface area is 117 Å². The number of pyridine rings is 1. The predicted molar refractivity (Wildman–Crippen MR) is 65.9 cm³/mol. The van der Waals surface area contributed by atoms with E-state index in [9.17, 15) is 17.6 Å². The third-order valence-electron chi connectivity index (χ3n) is 2.69. The maximum absolute atomic E-state index is 12.9. The highest BCUT2D eigenvalue weighted by atomic mass is 19.4. The zero-order valence-corrected chi connectivity index (χ0v) is 10.7. The zero-order valence-electron chi connectivity index (χ0n) is 10.7. The smallest absolute Gasteiger partial charge is 0.419 e. The predicted octanol–water partition coefficient (Wildman–Crippen LogP) is 3.31. The van der Waals surface area contributed by atoms with Crippen LogP contribution in [0.15, 0.2) is 36.7 Å². The molecule has 0 amide bonds. The molecule has 2 rings (SSSR count). The average molecular weight is 301 g/mol. The topological polar surface area (TPSA) is 42.4 Å². The molecular weight excluding hydrogens is 290 g/mol. The van der Waals surface area contributed by atoms with Crippen LogP contribution in [0.2, 0.25) is 0 Å². The summed E-state index contributed by atoms with van der Waals surface area (Å²) in [5.74, 6) is -0.980. The third kappa shape index (κ3) is 3.91. The Morgan fingerprint density at radius 3 is 2.48 bits per heavy atom. The Hall–Kier alpha value is -2.15. The van der Waals surface area contributed by atoms with Crippen molar-refractivity contribution in [2.45, 2.75) is 19.4 Å². The maximum Gasteiger partial charge on any atom is 0.419 e. The quantitative estimate of drug-likeness (QED) is 0.881. The van der Waals surface area contributed by atoms with Crippen molar-refractivity contribution in [2.24, 2.45) is 0 Å². The molecule has 1 aromatic carbocycles. The van der Waals surface area contributed by atoms with Gasteiger partial charge in [-0.25, -0.2) is 4.39 Å². The van der Waals surface area contributed by atoms with Gasteiger partial charge in [-0.2, -0.15) is 13.2 Å². The van der Waals surface area contributed by atoms with Crippen molar-refractivity contribution in [2.75, 3.05) is 0 Å². The van der Waals surface area contributed by atoms with E-state index >= 15 is 0 Å². The molecule has 0 aliphatic carbocycles. The van der Waals surface area contributed by atoms with E-state index in [1.165, 1.54) is 12.3 Å². The van der Waals surface area contributed by atoms with Crippen molar-refractivity contribution in [3.8, 4) is 5.75 Å². The van der Waals surface area contributed by atoms with Gasteiger partial charge in [-0.3, -0.25) is 4.98 Å². The number of ether oxygens (including phenoxy) is 1. The van der Waals surface area contributed by atoms with Crippen molar-refractivity contribution in [1.29, 1.82) is 0 Å². The number of aliphatic hydroxyl groups is 1. The van der Waals surface area contributed by atoms with Crippen LogP contribution in [-0.4, -0.2) is 10.1 Å². The SMILES string of the molecule is OCc1ccc(OCc2cncc(F)c2)c(C(F)(F)F)c1. The summed E-state index contributed by atoms with van der Waals surface area (Å²) in [7, 11) is 0. The number of nitrogens with zero attached hydrogens (tertiary/aromatic N) is 1. The first-order valence-electron chi connectivity index (χ1n) is 5.93. The number of hydrogen-bond acceptors (Lipinski definition) is 3. The summed E-state index contributed by atoms with van der Waals surface area (Å²) in [5, 5.41) is 8.90. The maximum atomic E-state index is 12.9. The number of aliphatic hydroxyl groups excluding tert-OH is 1. The van der Waals surface area contributed by atoms with Gasteiger partial charge < -0.3 is 9.84 Å². The molecule has 0 radical (unpaired) electrons. The summed E-state index contributed by atoms with van der Waals surface area (Å²) in [4.78, 5) is 3.58. The van der Waals surface area contributed by atoms with Crippen LogP contribution in [0.4, 0.5) is 17.6 Å². The second kappa shape index (κ2) is 6.09. The summed E-state index contributed by atoms with van der Waals surface area (Å²) in [5.41, 5.74) is -0.546. The van der Waals surface area contributed by atoms with Crippen LogP contribution < -0.4 is 4.74 Å². The molecule has 112 valence electrons. The van der Waals surface area contributed by atoms with Gasteiger partial charge in [0.25, 0.3) is 0 Å². The largest absolute Gasteiger partial charge is 0.488 e. The number of halogens is 4. The van der Waals surface area contributed by atoms with E-state index in [0.717, 1.165) is 24.4 Å². The van der Waals surface area contributed by atoms with E-state index in [2.05, 4.69) is 4.98 Å². The lowest BCUT2D eigenvalue weighted by Crippen LogP contribution is -2.09. The molecule has 0 fully saturated rings. The first kappa shape index (κ1) is 15.2. The second-order valence-electron chi connectivity index (χ2n) is 4.29. The minimum Gasteiger partial charge on any atom is -0.488 e. The molecular formula is C14H11F4NO2. The fraction of sp³-hybridized carbons (Fsp3) is 0.214. The summed E-state index contributed by atoms with van der Waals surface area (Å²) in [6.45, 7) is -0.747. The van der Waals surface area contributed by atoms with Crippen molar-refractivity contribution < 1.29 is 27.4 Å². The van der Waals surface area contributed by atoms with Crippen molar-refractivity contribution in [1.82, 2.24) is 4.98 Å². The Balaban J connectivity index is 2.23. The van der Waals surface area contributed by atoms with Crippen LogP contribution in [0.3, 0.4) is 0 Å². The van der Waals surface area contributed by atoms with Crippen molar-refractivity contribution >= 4 is 0 Å². The monoisotopic (exact) mass is 301 g/mol. The lowest BCUT2D eigenvalue weighted by Gasteiger charge is -2.15. The van der Waals surface area contributed by atoms with Gasteiger partial charge in [0.2, 0.25) is 0 Å². The molecule has 0 atom stereocenters. The summed E-state index contributed by atoms with van der Waals surface area (Å²) in [6, 6.07) is 4.40. The molecule has 1 aromatic heterocycles. The minimum absolute atomic E-state index is 0.127. The van der Waals surface area contributed by atoms with Gasteiger partial charge in [0.1, 0.15) is 18.2 Å². The number of benzene rings is 1. The Bertz CT molecular complexity index is 629. The van der Waals surface area contributed by atoms with E-state index in [-0.39, 0.29) is 17.9 Å². The fourth-order valence-corrected chi connectivity index (χ4v) is 1.72. The van der Waals surface area contributed by atoms with E-state index in [1.807, 2.05) is 0 Å². The normalized spacial score (nSPS) is 11.5. The molecule has 0 aliphatic rings. The highest BCUT2D eigenvalue weighted by Gasteiger charge is 2.34. The van der Waals surface area contributed by atoms with Gasteiger partial charge in [0, 0.05) is 11.8 Å². The van der Waals surface area contributed by atoms with Crippen molar-refractivity contribution in [3.05, 3.63) is 59.2 Å².